The second-order valence-electron chi connectivity index (χ2n) is 6.06. The van der Waals surface area contributed by atoms with Crippen LogP contribution in [0, 0.1) is 10.2 Å². The van der Waals surface area contributed by atoms with Crippen LogP contribution < -0.4 is 33.7 Å². The van der Waals surface area contributed by atoms with Crippen molar-refractivity contribution in [3.8, 4) is 17.1 Å². The van der Waals surface area contributed by atoms with Gasteiger partial charge in [0.25, 0.3) is 0 Å². The van der Waals surface area contributed by atoms with Crippen LogP contribution in [0.3, 0.4) is 0 Å². The molecule has 0 radical (unpaired) electrons. The molecule has 8 nitrogen and oxygen atoms in total. The first-order valence-electron chi connectivity index (χ1n) is 8.72. The summed E-state index contributed by atoms with van der Waals surface area (Å²) in [6.07, 6.45) is 1.67. The lowest BCUT2D eigenvalue weighted by atomic mass is 10.1. The lowest BCUT2D eigenvalue weighted by Crippen LogP contribution is -2.74. The SMILES string of the molecule is COc1ccc2oc(-c3ccccc3)cc(=[NH+]Cc3ccco3)c2c1.[O-][Cl+3]([O-])([O-])[O-]. The smallest absolute Gasteiger partial charge is 0.213 e. The molecule has 1 N–H and O–H groups in total. The highest BCUT2D eigenvalue weighted by Gasteiger charge is 2.10. The van der Waals surface area contributed by atoms with Gasteiger partial charge in [-0.15, -0.1) is 10.2 Å². The quantitative estimate of drug-likeness (QED) is 0.398. The minimum atomic E-state index is -4.94. The molecule has 0 fully saturated rings. The Hall–Kier alpha value is -3.14. The van der Waals surface area contributed by atoms with Gasteiger partial charge in [0.1, 0.15) is 17.1 Å². The summed E-state index contributed by atoms with van der Waals surface area (Å²) in [4.78, 5) is 3.44. The van der Waals surface area contributed by atoms with Crippen molar-refractivity contribution in [2.75, 3.05) is 7.11 Å². The van der Waals surface area contributed by atoms with E-state index in [9.17, 15) is 0 Å². The van der Waals surface area contributed by atoms with Crippen molar-refractivity contribution < 1.29 is 47.4 Å². The van der Waals surface area contributed by atoms with Crippen molar-refractivity contribution in [2.45, 2.75) is 6.54 Å². The lowest BCUT2D eigenvalue weighted by Gasteiger charge is -2.17. The second kappa shape index (κ2) is 9.57. The zero-order valence-electron chi connectivity index (χ0n) is 15.9. The van der Waals surface area contributed by atoms with Crippen LogP contribution in [0.5, 0.6) is 5.75 Å². The normalized spacial score (nSPS) is 11.8. The van der Waals surface area contributed by atoms with E-state index in [1.807, 2.05) is 66.7 Å². The number of nitrogens with one attached hydrogen (secondary N) is 1. The highest BCUT2D eigenvalue weighted by molar-refractivity contribution is 5.79. The van der Waals surface area contributed by atoms with Crippen LogP contribution in [0.4, 0.5) is 0 Å². The molecule has 30 heavy (non-hydrogen) atoms. The Morgan fingerprint density at radius 3 is 2.30 bits per heavy atom. The van der Waals surface area contributed by atoms with E-state index in [-0.39, 0.29) is 0 Å². The van der Waals surface area contributed by atoms with Gasteiger partial charge in [-0.05, 0) is 30.3 Å². The number of furan rings is 1. The van der Waals surface area contributed by atoms with Crippen LogP contribution in [0.15, 0.2) is 81.8 Å². The van der Waals surface area contributed by atoms with Crippen LogP contribution in [0.2, 0.25) is 0 Å². The molecule has 0 bridgehead atoms. The van der Waals surface area contributed by atoms with Crippen molar-refractivity contribution in [3.63, 3.8) is 0 Å². The average molecular weight is 432 g/mol. The predicted molar refractivity (Wildman–Crippen MR) is 94.7 cm³/mol. The van der Waals surface area contributed by atoms with Gasteiger partial charge in [-0.25, -0.2) is 23.6 Å². The van der Waals surface area contributed by atoms with E-state index in [4.69, 9.17) is 32.2 Å². The molecular weight excluding hydrogens is 414 g/mol. The van der Waals surface area contributed by atoms with E-state index in [1.54, 1.807) is 13.4 Å². The zero-order valence-corrected chi connectivity index (χ0v) is 16.6. The number of hydrogen-bond donors (Lipinski definition) is 1. The highest BCUT2D eigenvalue weighted by Crippen LogP contribution is 2.23. The van der Waals surface area contributed by atoms with Crippen LogP contribution in [-0.4, -0.2) is 7.11 Å². The van der Waals surface area contributed by atoms with Gasteiger partial charge in [0.2, 0.25) is 5.36 Å². The summed E-state index contributed by atoms with van der Waals surface area (Å²) in [6, 6.07) is 21.7. The van der Waals surface area contributed by atoms with Crippen molar-refractivity contribution in [2.24, 2.45) is 0 Å². The Morgan fingerprint density at radius 1 is 0.933 bits per heavy atom. The molecule has 0 atom stereocenters. The van der Waals surface area contributed by atoms with Gasteiger partial charge in [-0.2, -0.15) is 0 Å². The van der Waals surface area contributed by atoms with Gasteiger partial charge >= 0.3 is 0 Å². The predicted octanol–water partition coefficient (Wildman–Crippen LogP) is -1.87. The van der Waals surface area contributed by atoms with Crippen LogP contribution in [0.25, 0.3) is 22.3 Å². The molecule has 0 aliphatic heterocycles. The molecule has 9 heteroatoms. The molecule has 0 saturated carbocycles. The Balaban J connectivity index is 0.000000461. The number of benzene rings is 2. The summed E-state index contributed by atoms with van der Waals surface area (Å²) in [5, 5.41) is 1.93. The van der Waals surface area contributed by atoms with Gasteiger partial charge in [-0.3, -0.25) is 0 Å². The number of fused-ring (bicyclic) bond motifs is 1. The summed E-state index contributed by atoms with van der Waals surface area (Å²) in [5.74, 6) is 2.47. The summed E-state index contributed by atoms with van der Waals surface area (Å²) in [5.41, 5.74) is 1.82. The van der Waals surface area contributed by atoms with E-state index in [1.165, 1.54) is 0 Å². The van der Waals surface area contributed by atoms with Crippen LogP contribution in [0.1, 0.15) is 5.76 Å². The first kappa shape index (κ1) is 21.6. The molecule has 0 saturated heterocycles. The largest absolute Gasteiger partial charge is 0.497 e. The molecular formula is C21H18ClNO7. The van der Waals surface area contributed by atoms with Gasteiger partial charge in [0.15, 0.2) is 12.3 Å². The molecule has 2 aromatic carbocycles. The Morgan fingerprint density at radius 2 is 1.67 bits per heavy atom. The number of ether oxygens (including phenoxy) is 1. The Labute approximate surface area is 173 Å². The Kier molecular flexibility index (Phi) is 6.88. The van der Waals surface area contributed by atoms with Crippen molar-refractivity contribution in [1.82, 2.24) is 0 Å². The molecule has 0 spiro atoms. The van der Waals surface area contributed by atoms with Gasteiger partial charge in [-0.1, -0.05) is 30.3 Å². The van der Waals surface area contributed by atoms with Gasteiger partial charge in [0, 0.05) is 5.56 Å². The summed E-state index contributed by atoms with van der Waals surface area (Å²) < 4.78 is 50.8. The first-order chi connectivity index (χ1) is 14.3. The minimum absolute atomic E-state index is 0.595. The third-order valence-corrected chi connectivity index (χ3v) is 4.06. The molecule has 0 amide bonds. The maximum atomic E-state index is 8.49. The van der Waals surface area contributed by atoms with Crippen molar-refractivity contribution in [1.29, 1.82) is 0 Å². The molecule has 2 aromatic heterocycles. The molecule has 156 valence electrons. The molecule has 4 rings (SSSR count). The van der Waals surface area contributed by atoms with Crippen molar-refractivity contribution in [3.05, 3.63) is 84.1 Å². The second-order valence-corrected chi connectivity index (χ2v) is 6.82. The monoisotopic (exact) mass is 431 g/mol. The molecule has 0 aliphatic carbocycles. The van der Waals surface area contributed by atoms with Gasteiger partial charge in [0.05, 0.1) is 24.8 Å². The van der Waals surface area contributed by atoms with E-state index >= 15 is 0 Å². The summed E-state index contributed by atoms with van der Waals surface area (Å²) >= 11 is 0. The summed E-state index contributed by atoms with van der Waals surface area (Å²) in [7, 11) is -3.29. The molecule has 2 heterocycles. The zero-order chi connectivity index (χ0) is 21.6. The topological polar surface area (TPSA) is 142 Å². The van der Waals surface area contributed by atoms with Crippen molar-refractivity contribution >= 4 is 11.0 Å². The standard InChI is InChI=1S/C21H17NO3.ClHO4/c1-23-16-9-10-20-18(12-16)19(22-14-17-8-5-11-24-17)13-21(25-20)15-6-3-2-4-7-15;2-1(3,4)5/h2-13H,14H2,1H3;(H,2,3,4,5). The summed E-state index contributed by atoms with van der Waals surface area (Å²) in [6.45, 7) is 0.595. The first-order valence-corrected chi connectivity index (χ1v) is 9.95. The number of halogens is 1. The Bertz CT molecular complexity index is 1140. The number of rotatable bonds is 4. The molecule has 4 aromatic rings. The third-order valence-electron chi connectivity index (χ3n) is 4.06. The fourth-order valence-corrected chi connectivity index (χ4v) is 2.78. The van der Waals surface area contributed by atoms with E-state index in [2.05, 4.69) is 4.99 Å². The van der Waals surface area contributed by atoms with E-state index < -0.39 is 10.2 Å². The van der Waals surface area contributed by atoms with Crippen LogP contribution >= 0.6 is 0 Å². The van der Waals surface area contributed by atoms with E-state index in [0.717, 1.165) is 39.2 Å². The number of methoxy groups -OCH3 is 1. The van der Waals surface area contributed by atoms with Crippen LogP contribution in [-0.2, 0) is 6.54 Å². The minimum Gasteiger partial charge on any atom is -0.497 e. The highest BCUT2D eigenvalue weighted by atomic mass is 35.7. The van der Waals surface area contributed by atoms with E-state index in [0.29, 0.717) is 6.54 Å². The number of hydrogen-bond acceptors (Lipinski definition) is 7. The maximum absolute atomic E-state index is 8.49. The fourth-order valence-electron chi connectivity index (χ4n) is 2.78. The maximum Gasteiger partial charge on any atom is 0.213 e. The average Bonchev–Trinajstić information content (AvgIpc) is 3.24. The third kappa shape index (κ3) is 6.18. The lowest BCUT2D eigenvalue weighted by molar-refractivity contribution is -2.00. The molecule has 0 unspecified atom stereocenters. The fraction of sp³-hybridized carbons (Fsp3) is 0.0952. The molecule has 0 aliphatic rings. The van der Waals surface area contributed by atoms with Gasteiger partial charge < -0.3 is 13.6 Å².